The first-order valence-corrected chi connectivity index (χ1v) is 6.97. The number of imidazole rings is 1. The van der Waals surface area contributed by atoms with Crippen molar-refractivity contribution in [2.75, 3.05) is 11.1 Å². The van der Waals surface area contributed by atoms with Crippen molar-refractivity contribution >= 4 is 44.5 Å². The summed E-state index contributed by atoms with van der Waals surface area (Å²) in [6.45, 7) is 2.81. The normalized spacial score (nSPS) is 10.9. The van der Waals surface area contributed by atoms with Gasteiger partial charge < -0.3 is 15.6 Å². The Bertz CT molecular complexity index is 749. The molecule has 2 heterocycles. The molecule has 0 aliphatic rings. The molecule has 3 N–H and O–H groups in total. The van der Waals surface area contributed by atoms with Gasteiger partial charge in [-0.3, -0.25) is 0 Å². The summed E-state index contributed by atoms with van der Waals surface area (Å²) in [6, 6.07) is 7.76. The molecule has 102 valence electrons. The smallest absolute Gasteiger partial charge is 0.231 e. The van der Waals surface area contributed by atoms with E-state index in [1.165, 1.54) is 0 Å². The van der Waals surface area contributed by atoms with Crippen LogP contribution < -0.4 is 11.1 Å². The second kappa shape index (κ2) is 5.09. The van der Waals surface area contributed by atoms with Gasteiger partial charge in [-0.25, -0.2) is 4.98 Å². The summed E-state index contributed by atoms with van der Waals surface area (Å²) in [5.41, 5.74) is 8.19. The fraction of sp³-hybridized carbons (Fsp3) is 0.154. The van der Waals surface area contributed by atoms with Gasteiger partial charge in [0, 0.05) is 16.7 Å². The zero-order chi connectivity index (χ0) is 14.1. The van der Waals surface area contributed by atoms with Crippen molar-refractivity contribution in [1.29, 1.82) is 0 Å². The van der Waals surface area contributed by atoms with Gasteiger partial charge in [0.15, 0.2) is 11.5 Å². The summed E-state index contributed by atoms with van der Waals surface area (Å²) in [4.78, 5) is 12.9. The number of aromatic nitrogens is 4. The molecule has 0 radical (unpaired) electrons. The Labute approximate surface area is 124 Å². The lowest BCUT2D eigenvalue weighted by Crippen LogP contribution is -2.03. The van der Waals surface area contributed by atoms with Crippen molar-refractivity contribution in [3.05, 3.63) is 35.1 Å². The quantitative estimate of drug-likeness (QED) is 0.770. The third kappa shape index (κ3) is 2.32. The highest BCUT2D eigenvalue weighted by molar-refractivity contribution is 9.10. The van der Waals surface area contributed by atoms with Gasteiger partial charge >= 0.3 is 0 Å². The molecule has 0 amide bonds. The number of halogens is 1. The van der Waals surface area contributed by atoms with E-state index >= 15 is 0 Å². The van der Waals surface area contributed by atoms with E-state index in [0.29, 0.717) is 17.3 Å². The Morgan fingerprint density at radius 3 is 2.70 bits per heavy atom. The summed E-state index contributed by atoms with van der Waals surface area (Å²) in [5.74, 6) is 0.842. The van der Waals surface area contributed by atoms with Gasteiger partial charge in [-0.15, -0.1) is 0 Å². The van der Waals surface area contributed by atoms with Crippen LogP contribution in [0.15, 0.2) is 35.1 Å². The summed E-state index contributed by atoms with van der Waals surface area (Å²) >= 11 is 3.40. The molecule has 0 atom stereocenters. The molecule has 0 saturated carbocycles. The molecular weight excluding hydrogens is 320 g/mol. The van der Waals surface area contributed by atoms with Crippen molar-refractivity contribution in [3.63, 3.8) is 0 Å². The molecular formula is C13H13BrN6. The minimum Gasteiger partial charge on any atom is -0.382 e. The second-order valence-electron chi connectivity index (χ2n) is 4.27. The van der Waals surface area contributed by atoms with Crippen LogP contribution >= 0.6 is 15.9 Å². The van der Waals surface area contributed by atoms with E-state index in [0.717, 1.165) is 22.4 Å². The number of anilines is 3. The van der Waals surface area contributed by atoms with Crippen LogP contribution in [-0.4, -0.2) is 19.5 Å². The molecule has 0 unspecified atom stereocenters. The van der Waals surface area contributed by atoms with Gasteiger partial charge in [-0.1, -0.05) is 15.9 Å². The molecule has 0 aliphatic heterocycles. The monoisotopic (exact) mass is 332 g/mol. The Morgan fingerprint density at radius 1 is 1.25 bits per heavy atom. The Hall–Kier alpha value is -2.15. The highest BCUT2D eigenvalue weighted by atomic mass is 79.9. The standard InChI is InChI=1S/C13H13BrN6/c1-2-20-7-16-10-11(15)18-13(19-12(10)20)17-9-5-3-8(14)4-6-9/h3-7H,2H2,1H3,(H3,15,17,18,19). The number of benzene rings is 1. The number of nitrogen functional groups attached to an aromatic ring is 1. The van der Waals surface area contributed by atoms with Gasteiger partial charge in [0.1, 0.15) is 5.52 Å². The average Bonchev–Trinajstić information content (AvgIpc) is 2.85. The largest absolute Gasteiger partial charge is 0.382 e. The number of hydrogen-bond donors (Lipinski definition) is 2. The van der Waals surface area contributed by atoms with Crippen LogP contribution in [0, 0.1) is 0 Å². The van der Waals surface area contributed by atoms with E-state index in [9.17, 15) is 0 Å². The molecule has 3 aromatic rings. The lowest BCUT2D eigenvalue weighted by atomic mass is 10.3. The third-order valence-corrected chi connectivity index (χ3v) is 3.46. The van der Waals surface area contributed by atoms with Crippen molar-refractivity contribution in [1.82, 2.24) is 19.5 Å². The Morgan fingerprint density at radius 2 is 2.00 bits per heavy atom. The maximum atomic E-state index is 5.93. The summed E-state index contributed by atoms with van der Waals surface area (Å²) < 4.78 is 2.95. The molecule has 0 bridgehead atoms. The zero-order valence-corrected chi connectivity index (χ0v) is 12.4. The Balaban J connectivity index is 2.01. The van der Waals surface area contributed by atoms with Gasteiger partial charge in [0.05, 0.1) is 6.33 Å². The van der Waals surface area contributed by atoms with Crippen LogP contribution in [-0.2, 0) is 6.54 Å². The van der Waals surface area contributed by atoms with Crippen molar-refractivity contribution in [2.24, 2.45) is 0 Å². The molecule has 0 saturated heterocycles. The first-order chi connectivity index (χ1) is 9.67. The van der Waals surface area contributed by atoms with E-state index in [2.05, 4.69) is 36.2 Å². The van der Waals surface area contributed by atoms with E-state index in [4.69, 9.17) is 5.73 Å². The van der Waals surface area contributed by atoms with Gasteiger partial charge in [-0.05, 0) is 31.2 Å². The number of nitrogens with one attached hydrogen (secondary N) is 1. The minimum absolute atomic E-state index is 0.377. The first kappa shape index (κ1) is 12.9. The predicted octanol–water partition coefficient (Wildman–Crippen LogP) is 2.93. The summed E-state index contributed by atoms with van der Waals surface area (Å²) in [6.07, 6.45) is 1.72. The van der Waals surface area contributed by atoms with Crippen LogP contribution in [0.5, 0.6) is 0 Å². The van der Waals surface area contributed by atoms with E-state index in [1.54, 1.807) is 6.33 Å². The number of fused-ring (bicyclic) bond motifs is 1. The highest BCUT2D eigenvalue weighted by Gasteiger charge is 2.10. The molecule has 6 nitrogen and oxygen atoms in total. The Kier molecular flexibility index (Phi) is 3.27. The van der Waals surface area contributed by atoms with Crippen molar-refractivity contribution in [3.8, 4) is 0 Å². The van der Waals surface area contributed by atoms with E-state index in [1.807, 2.05) is 35.8 Å². The summed E-state index contributed by atoms with van der Waals surface area (Å²) in [7, 11) is 0. The van der Waals surface area contributed by atoms with Crippen LogP contribution in [0.25, 0.3) is 11.2 Å². The van der Waals surface area contributed by atoms with Gasteiger partial charge in [0.2, 0.25) is 5.95 Å². The van der Waals surface area contributed by atoms with Gasteiger partial charge in [0.25, 0.3) is 0 Å². The topological polar surface area (TPSA) is 81.7 Å². The SMILES string of the molecule is CCn1cnc2c(N)nc(Nc3ccc(Br)cc3)nc21. The lowest BCUT2D eigenvalue weighted by molar-refractivity contribution is 0.778. The molecule has 20 heavy (non-hydrogen) atoms. The van der Waals surface area contributed by atoms with Crippen LogP contribution in [0.3, 0.4) is 0 Å². The lowest BCUT2D eigenvalue weighted by Gasteiger charge is -2.07. The van der Waals surface area contributed by atoms with Crippen LogP contribution in [0.1, 0.15) is 6.92 Å². The molecule has 3 rings (SSSR count). The van der Waals surface area contributed by atoms with Crippen molar-refractivity contribution in [2.45, 2.75) is 13.5 Å². The first-order valence-electron chi connectivity index (χ1n) is 6.18. The number of aryl methyl sites for hydroxylation is 1. The third-order valence-electron chi connectivity index (χ3n) is 2.93. The molecule has 2 aromatic heterocycles. The molecule has 0 fully saturated rings. The fourth-order valence-electron chi connectivity index (χ4n) is 1.92. The van der Waals surface area contributed by atoms with Crippen LogP contribution in [0.2, 0.25) is 0 Å². The molecule has 0 spiro atoms. The number of rotatable bonds is 3. The number of nitrogens with two attached hydrogens (primary N) is 1. The minimum atomic E-state index is 0.377. The zero-order valence-electron chi connectivity index (χ0n) is 10.8. The molecule has 0 aliphatic carbocycles. The van der Waals surface area contributed by atoms with E-state index < -0.39 is 0 Å². The fourth-order valence-corrected chi connectivity index (χ4v) is 2.18. The van der Waals surface area contributed by atoms with Crippen molar-refractivity contribution < 1.29 is 0 Å². The maximum absolute atomic E-state index is 5.93. The second-order valence-corrected chi connectivity index (χ2v) is 5.18. The summed E-state index contributed by atoms with van der Waals surface area (Å²) in [5, 5.41) is 3.14. The average molecular weight is 333 g/mol. The maximum Gasteiger partial charge on any atom is 0.231 e. The predicted molar refractivity (Wildman–Crippen MR) is 82.8 cm³/mol. The van der Waals surface area contributed by atoms with E-state index in [-0.39, 0.29) is 0 Å². The molecule has 1 aromatic carbocycles. The highest BCUT2D eigenvalue weighted by Crippen LogP contribution is 2.21. The van der Waals surface area contributed by atoms with Gasteiger partial charge in [-0.2, -0.15) is 9.97 Å². The number of hydrogen-bond acceptors (Lipinski definition) is 5. The number of nitrogens with zero attached hydrogens (tertiary/aromatic N) is 4. The molecule has 7 heteroatoms. The van der Waals surface area contributed by atoms with Crippen LogP contribution in [0.4, 0.5) is 17.5 Å².